The van der Waals surface area contributed by atoms with E-state index in [9.17, 15) is 4.79 Å². The lowest BCUT2D eigenvalue weighted by atomic mass is 10.0. The van der Waals surface area contributed by atoms with Crippen LogP contribution in [-0.2, 0) is 11.3 Å². The fraction of sp³-hybridized carbons (Fsp3) is 0.435. The summed E-state index contributed by atoms with van der Waals surface area (Å²) in [5.41, 5.74) is 3.34. The fourth-order valence-corrected chi connectivity index (χ4v) is 3.22. The summed E-state index contributed by atoms with van der Waals surface area (Å²) < 4.78 is 5.60. The molecule has 0 spiro atoms. The number of ether oxygens (including phenoxy) is 1. The van der Waals surface area contributed by atoms with Crippen molar-refractivity contribution in [1.82, 2.24) is 4.90 Å². The van der Waals surface area contributed by atoms with Crippen LogP contribution in [0.3, 0.4) is 0 Å². The number of carbonyl (C=O) groups excluding carboxylic acids is 1. The predicted molar refractivity (Wildman–Crippen MR) is 110 cm³/mol. The maximum atomic E-state index is 12.6. The fourth-order valence-electron chi connectivity index (χ4n) is 3.22. The lowest BCUT2D eigenvalue weighted by molar-refractivity contribution is -0.117. The van der Waals surface area contributed by atoms with Crippen molar-refractivity contribution in [1.29, 1.82) is 0 Å². The van der Waals surface area contributed by atoms with Gasteiger partial charge in [0.1, 0.15) is 5.75 Å². The molecule has 0 aliphatic heterocycles. The Hall–Kier alpha value is -2.33. The van der Waals surface area contributed by atoms with E-state index in [0.29, 0.717) is 25.1 Å². The first-order chi connectivity index (χ1) is 13.1. The summed E-state index contributed by atoms with van der Waals surface area (Å²) in [7, 11) is 0. The van der Waals surface area contributed by atoms with Gasteiger partial charge in [0.15, 0.2) is 0 Å². The van der Waals surface area contributed by atoms with E-state index in [1.807, 2.05) is 31.2 Å². The number of benzene rings is 2. The normalized spacial score (nSPS) is 13.8. The van der Waals surface area contributed by atoms with Crippen molar-refractivity contribution in [2.45, 2.75) is 52.1 Å². The van der Waals surface area contributed by atoms with E-state index >= 15 is 0 Å². The average molecular weight is 367 g/mol. The summed E-state index contributed by atoms with van der Waals surface area (Å²) in [6.45, 7) is 8.14. The maximum Gasteiger partial charge on any atom is 0.238 e. The van der Waals surface area contributed by atoms with Gasteiger partial charge in [-0.2, -0.15) is 0 Å². The van der Waals surface area contributed by atoms with E-state index < -0.39 is 0 Å². The SMILES string of the molecule is CCOc1ccccc1NC(=O)CN(Cc1ccc(C(C)C)cc1)C1CC1. The standard InChI is InChI=1S/C23H30N2O2/c1-4-27-22-8-6-5-7-21(22)24-23(26)16-25(20-13-14-20)15-18-9-11-19(12-10-18)17(2)3/h5-12,17,20H,4,13-16H2,1-3H3,(H,24,26). The lowest BCUT2D eigenvalue weighted by Gasteiger charge is -2.22. The van der Waals surface area contributed by atoms with Crippen LogP contribution < -0.4 is 10.1 Å². The van der Waals surface area contributed by atoms with E-state index in [1.54, 1.807) is 0 Å². The van der Waals surface area contributed by atoms with Crippen molar-refractivity contribution in [3.8, 4) is 5.75 Å². The molecule has 0 radical (unpaired) electrons. The number of amides is 1. The molecule has 0 heterocycles. The number of carbonyl (C=O) groups is 1. The van der Waals surface area contributed by atoms with Crippen molar-refractivity contribution >= 4 is 11.6 Å². The van der Waals surface area contributed by atoms with E-state index in [0.717, 1.165) is 18.0 Å². The highest BCUT2D eigenvalue weighted by Crippen LogP contribution is 2.29. The Bertz CT molecular complexity index is 751. The topological polar surface area (TPSA) is 41.6 Å². The smallest absolute Gasteiger partial charge is 0.238 e. The van der Waals surface area contributed by atoms with Gasteiger partial charge in [-0.3, -0.25) is 9.69 Å². The number of anilines is 1. The van der Waals surface area contributed by atoms with Crippen LogP contribution in [0.25, 0.3) is 0 Å². The number of hydrogen-bond acceptors (Lipinski definition) is 3. The zero-order chi connectivity index (χ0) is 19.2. The summed E-state index contributed by atoms with van der Waals surface area (Å²) in [6, 6.07) is 16.9. The van der Waals surface area contributed by atoms with Crippen LogP contribution in [0.4, 0.5) is 5.69 Å². The van der Waals surface area contributed by atoms with Gasteiger partial charge < -0.3 is 10.1 Å². The third-order valence-corrected chi connectivity index (χ3v) is 4.90. The Kier molecular flexibility index (Phi) is 6.51. The second-order valence-electron chi connectivity index (χ2n) is 7.51. The van der Waals surface area contributed by atoms with E-state index in [1.165, 1.54) is 24.0 Å². The van der Waals surface area contributed by atoms with Crippen molar-refractivity contribution < 1.29 is 9.53 Å². The molecule has 1 N–H and O–H groups in total. The first-order valence-electron chi connectivity index (χ1n) is 9.91. The Morgan fingerprint density at radius 3 is 2.48 bits per heavy atom. The van der Waals surface area contributed by atoms with Crippen molar-refractivity contribution in [3.05, 3.63) is 59.7 Å². The van der Waals surface area contributed by atoms with Crippen LogP contribution >= 0.6 is 0 Å². The number of hydrogen-bond donors (Lipinski definition) is 1. The third-order valence-electron chi connectivity index (χ3n) is 4.90. The molecule has 3 rings (SSSR count). The average Bonchev–Trinajstić information content (AvgIpc) is 3.49. The van der Waals surface area contributed by atoms with Crippen LogP contribution in [-0.4, -0.2) is 30.0 Å². The molecule has 0 bridgehead atoms. The number of nitrogens with zero attached hydrogens (tertiary/aromatic N) is 1. The number of nitrogens with one attached hydrogen (secondary N) is 1. The summed E-state index contributed by atoms with van der Waals surface area (Å²) in [6.07, 6.45) is 2.35. The molecule has 2 aromatic carbocycles. The Labute approximate surface area is 162 Å². The molecule has 1 fully saturated rings. The molecule has 144 valence electrons. The predicted octanol–water partition coefficient (Wildman–Crippen LogP) is 4.81. The van der Waals surface area contributed by atoms with E-state index in [4.69, 9.17) is 4.74 Å². The number of para-hydroxylation sites is 2. The van der Waals surface area contributed by atoms with Crippen LogP contribution in [0.1, 0.15) is 50.7 Å². The van der Waals surface area contributed by atoms with Gasteiger partial charge in [0.25, 0.3) is 0 Å². The van der Waals surface area contributed by atoms with Crippen molar-refractivity contribution in [2.24, 2.45) is 0 Å². The zero-order valence-electron chi connectivity index (χ0n) is 16.6. The molecule has 1 aliphatic rings. The summed E-state index contributed by atoms with van der Waals surface area (Å²) in [5, 5.41) is 3.01. The Morgan fingerprint density at radius 1 is 1.15 bits per heavy atom. The van der Waals surface area contributed by atoms with Crippen molar-refractivity contribution in [2.75, 3.05) is 18.5 Å². The van der Waals surface area contributed by atoms with E-state index in [2.05, 4.69) is 48.3 Å². The first-order valence-corrected chi connectivity index (χ1v) is 9.91. The minimum Gasteiger partial charge on any atom is -0.492 e. The minimum absolute atomic E-state index is 0.00727. The first kappa shape index (κ1) is 19.4. The Morgan fingerprint density at radius 2 is 1.85 bits per heavy atom. The number of rotatable bonds is 9. The van der Waals surface area contributed by atoms with Crippen LogP contribution in [0, 0.1) is 0 Å². The molecule has 0 unspecified atom stereocenters. The second kappa shape index (κ2) is 9.05. The summed E-state index contributed by atoms with van der Waals surface area (Å²) in [4.78, 5) is 14.9. The molecule has 1 amide bonds. The van der Waals surface area contributed by atoms with Gasteiger partial charge in [-0.25, -0.2) is 0 Å². The molecule has 4 nitrogen and oxygen atoms in total. The van der Waals surface area contributed by atoms with Crippen LogP contribution in [0.2, 0.25) is 0 Å². The van der Waals surface area contributed by atoms with Gasteiger partial charge in [-0.15, -0.1) is 0 Å². The van der Waals surface area contributed by atoms with Gasteiger partial charge in [-0.1, -0.05) is 50.2 Å². The molecule has 0 saturated heterocycles. The second-order valence-corrected chi connectivity index (χ2v) is 7.51. The molecule has 1 aliphatic carbocycles. The highest BCUT2D eigenvalue weighted by molar-refractivity contribution is 5.93. The molecule has 0 aromatic heterocycles. The highest BCUT2D eigenvalue weighted by Gasteiger charge is 2.30. The molecule has 0 atom stereocenters. The Balaban J connectivity index is 1.62. The molecule has 4 heteroatoms. The van der Waals surface area contributed by atoms with Crippen LogP contribution in [0.15, 0.2) is 48.5 Å². The summed E-state index contributed by atoms with van der Waals surface area (Å²) in [5.74, 6) is 1.26. The molecule has 27 heavy (non-hydrogen) atoms. The molecular formula is C23H30N2O2. The van der Waals surface area contributed by atoms with Gasteiger partial charge in [-0.05, 0) is 48.9 Å². The van der Waals surface area contributed by atoms with Gasteiger partial charge >= 0.3 is 0 Å². The van der Waals surface area contributed by atoms with Gasteiger partial charge in [0.2, 0.25) is 5.91 Å². The molecule has 2 aromatic rings. The quantitative estimate of drug-likeness (QED) is 0.692. The van der Waals surface area contributed by atoms with Gasteiger partial charge in [0.05, 0.1) is 18.8 Å². The van der Waals surface area contributed by atoms with Crippen molar-refractivity contribution in [3.63, 3.8) is 0 Å². The monoisotopic (exact) mass is 366 g/mol. The van der Waals surface area contributed by atoms with Crippen LogP contribution in [0.5, 0.6) is 5.75 Å². The largest absolute Gasteiger partial charge is 0.492 e. The van der Waals surface area contributed by atoms with E-state index in [-0.39, 0.29) is 5.91 Å². The molecule has 1 saturated carbocycles. The summed E-state index contributed by atoms with van der Waals surface area (Å²) >= 11 is 0. The zero-order valence-corrected chi connectivity index (χ0v) is 16.6. The maximum absolute atomic E-state index is 12.6. The highest BCUT2D eigenvalue weighted by atomic mass is 16.5. The lowest BCUT2D eigenvalue weighted by Crippen LogP contribution is -2.34. The third kappa shape index (κ3) is 5.57. The minimum atomic E-state index is 0.00727. The van der Waals surface area contributed by atoms with Gasteiger partial charge in [0, 0.05) is 12.6 Å². The molecular weight excluding hydrogens is 336 g/mol.